The van der Waals surface area contributed by atoms with E-state index in [0.29, 0.717) is 0 Å². The number of nitrogens with two attached hydrogens (primary N) is 1. The minimum absolute atomic E-state index is 0.00445. The number of nitrogens with zero attached hydrogens (tertiary/aromatic N) is 1. The van der Waals surface area contributed by atoms with Gasteiger partial charge in [0.05, 0.1) is 6.04 Å². The Kier molecular flexibility index (Phi) is 3.21. The van der Waals surface area contributed by atoms with Gasteiger partial charge in [0, 0.05) is 12.6 Å². The number of likely N-dealkylation sites (N-methyl/N-ethyl adjacent to an activating group) is 1. The maximum absolute atomic E-state index is 13.2. The minimum Gasteiger partial charge on any atom is -0.326 e. The summed E-state index contributed by atoms with van der Waals surface area (Å²) in [6, 6.07) is 4.07. The number of benzene rings is 1. The van der Waals surface area contributed by atoms with Crippen LogP contribution in [0.3, 0.4) is 0 Å². The Morgan fingerprint density at radius 3 is 2.75 bits per heavy atom. The Hall–Kier alpha value is -1.00. The summed E-state index contributed by atoms with van der Waals surface area (Å²) < 4.78 is 26.0. The van der Waals surface area contributed by atoms with Gasteiger partial charge in [0.25, 0.3) is 0 Å². The van der Waals surface area contributed by atoms with Crippen molar-refractivity contribution in [2.75, 3.05) is 13.1 Å². The second-order valence-corrected chi connectivity index (χ2v) is 4.20. The van der Waals surface area contributed by atoms with Crippen molar-refractivity contribution in [3.8, 4) is 0 Å². The fourth-order valence-electron chi connectivity index (χ4n) is 2.39. The average Bonchev–Trinajstić information content (AvgIpc) is 2.64. The molecule has 2 nitrogen and oxygen atoms in total. The summed E-state index contributed by atoms with van der Waals surface area (Å²) in [5.41, 5.74) is 6.78. The molecule has 1 aliphatic rings. The van der Waals surface area contributed by atoms with Crippen LogP contribution in [-0.4, -0.2) is 24.0 Å². The lowest BCUT2D eigenvalue weighted by atomic mass is 10.0. The van der Waals surface area contributed by atoms with Crippen LogP contribution in [0.25, 0.3) is 0 Å². The van der Waals surface area contributed by atoms with Crippen LogP contribution in [0.4, 0.5) is 8.78 Å². The van der Waals surface area contributed by atoms with Gasteiger partial charge in [-0.25, -0.2) is 8.78 Å². The molecule has 1 fully saturated rings. The lowest BCUT2D eigenvalue weighted by Crippen LogP contribution is -2.31. The zero-order valence-electron chi connectivity index (χ0n) is 9.29. The van der Waals surface area contributed by atoms with Crippen molar-refractivity contribution in [3.63, 3.8) is 0 Å². The molecule has 0 radical (unpaired) electrons. The molecular formula is C12H16F2N2. The molecule has 88 valence electrons. The first-order valence-electron chi connectivity index (χ1n) is 5.58. The van der Waals surface area contributed by atoms with Crippen molar-refractivity contribution >= 4 is 0 Å². The third-order valence-corrected chi connectivity index (χ3v) is 3.24. The molecule has 0 aliphatic carbocycles. The summed E-state index contributed by atoms with van der Waals surface area (Å²) in [7, 11) is 0. The molecule has 0 saturated carbocycles. The van der Waals surface area contributed by atoms with E-state index in [2.05, 4.69) is 4.90 Å². The normalized spacial score (nSPS) is 26.2. The summed E-state index contributed by atoms with van der Waals surface area (Å²) in [5.74, 6) is -1.61. The molecule has 1 heterocycles. The van der Waals surface area contributed by atoms with E-state index >= 15 is 0 Å². The van der Waals surface area contributed by atoms with Gasteiger partial charge in [0.15, 0.2) is 11.6 Å². The fraction of sp³-hybridized carbons (Fsp3) is 0.500. The van der Waals surface area contributed by atoms with Gasteiger partial charge in [0.1, 0.15) is 0 Å². The Morgan fingerprint density at radius 1 is 1.38 bits per heavy atom. The zero-order valence-corrected chi connectivity index (χ0v) is 9.29. The highest BCUT2D eigenvalue weighted by atomic mass is 19.2. The van der Waals surface area contributed by atoms with Crippen molar-refractivity contribution in [1.82, 2.24) is 4.90 Å². The summed E-state index contributed by atoms with van der Waals surface area (Å²) in [5, 5.41) is 0. The number of halogens is 2. The molecule has 1 aromatic carbocycles. The first kappa shape index (κ1) is 11.5. The fourth-order valence-corrected chi connectivity index (χ4v) is 2.39. The van der Waals surface area contributed by atoms with Gasteiger partial charge >= 0.3 is 0 Å². The van der Waals surface area contributed by atoms with E-state index in [1.807, 2.05) is 6.92 Å². The summed E-state index contributed by atoms with van der Waals surface area (Å²) in [6.07, 6.45) is 0.900. The Balaban J connectivity index is 2.31. The monoisotopic (exact) mass is 226 g/mol. The first-order chi connectivity index (χ1) is 7.63. The van der Waals surface area contributed by atoms with Crippen LogP contribution in [0.2, 0.25) is 0 Å². The Morgan fingerprint density at radius 2 is 2.12 bits per heavy atom. The maximum atomic E-state index is 13.2. The third kappa shape index (κ3) is 1.95. The quantitative estimate of drug-likeness (QED) is 0.836. The van der Waals surface area contributed by atoms with E-state index in [0.717, 1.165) is 25.1 Å². The second-order valence-electron chi connectivity index (χ2n) is 4.20. The summed E-state index contributed by atoms with van der Waals surface area (Å²) in [6.45, 7) is 3.84. The third-order valence-electron chi connectivity index (χ3n) is 3.24. The molecular weight excluding hydrogens is 210 g/mol. The maximum Gasteiger partial charge on any atom is 0.159 e. The van der Waals surface area contributed by atoms with Crippen LogP contribution < -0.4 is 5.73 Å². The van der Waals surface area contributed by atoms with E-state index in [1.165, 1.54) is 12.1 Å². The van der Waals surface area contributed by atoms with Gasteiger partial charge in [-0.05, 0) is 30.7 Å². The topological polar surface area (TPSA) is 29.3 Å². The number of hydrogen-bond donors (Lipinski definition) is 1. The van der Waals surface area contributed by atoms with Crippen LogP contribution in [0.5, 0.6) is 0 Å². The Labute approximate surface area is 94.0 Å². The predicted molar refractivity (Wildman–Crippen MR) is 58.9 cm³/mol. The van der Waals surface area contributed by atoms with Crippen LogP contribution in [0.15, 0.2) is 18.2 Å². The molecule has 1 aromatic rings. The summed E-state index contributed by atoms with van der Waals surface area (Å²) >= 11 is 0. The second kappa shape index (κ2) is 4.47. The standard InChI is InChI=1S/C12H16F2N2/c1-2-16-6-5-11(15)12(16)8-3-4-9(13)10(14)7-8/h3-4,7,11-12H,2,5-6,15H2,1H3. The molecule has 16 heavy (non-hydrogen) atoms. The average molecular weight is 226 g/mol. The number of hydrogen-bond acceptors (Lipinski definition) is 2. The Bertz CT molecular complexity index is 381. The van der Waals surface area contributed by atoms with Crippen LogP contribution in [0.1, 0.15) is 24.9 Å². The smallest absolute Gasteiger partial charge is 0.159 e. The highest BCUT2D eigenvalue weighted by Gasteiger charge is 2.32. The zero-order chi connectivity index (χ0) is 11.7. The molecule has 0 spiro atoms. The highest BCUT2D eigenvalue weighted by Crippen LogP contribution is 2.31. The van der Waals surface area contributed by atoms with E-state index in [-0.39, 0.29) is 12.1 Å². The van der Waals surface area contributed by atoms with Gasteiger partial charge in [-0.2, -0.15) is 0 Å². The van der Waals surface area contributed by atoms with Crippen LogP contribution in [0, 0.1) is 11.6 Å². The predicted octanol–water partition coefficient (Wildman–Crippen LogP) is 2.06. The molecule has 2 unspecified atom stereocenters. The van der Waals surface area contributed by atoms with Gasteiger partial charge in [-0.15, -0.1) is 0 Å². The van der Waals surface area contributed by atoms with Gasteiger partial charge in [-0.3, -0.25) is 4.90 Å². The van der Waals surface area contributed by atoms with E-state index in [9.17, 15) is 8.78 Å². The van der Waals surface area contributed by atoms with Crippen LogP contribution >= 0.6 is 0 Å². The van der Waals surface area contributed by atoms with Gasteiger partial charge < -0.3 is 5.73 Å². The van der Waals surface area contributed by atoms with Crippen molar-refractivity contribution in [2.24, 2.45) is 5.73 Å². The molecule has 2 atom stereocenters. The minimum atomic E-state index is -0.807. The molecule has 1 saturated heterocycles. The van der Waals surface area contributed by atoms with Gasteiger partial charge in [0.2, 0.25) is 0 Å². The van der Waals surface area contributed by atoms with E-state index < -0.39 is 11.6 Å². The highest BCUT2D eigenvalue weighted by molar-refractivity contribution is 5.24. The number of likely N-dealkylation sites (tertiary alicyclic amines) is 1. The molecule has 0 bridgehead atoms. The molecule has 2 rings (SSSR count). The van der Waals surface area contributed by atoms with E-state index in [1.54, 1.807) is 6.07 Å². The van der Waals surface area contributed by atoms with Crippen molar-refractivity contribution in [3.05, 3.63) is 35.4 Å². The van der Waals surface area contributed by atoms with Crippen molar-refractivity contribution in [1.29, 1.82) is 0 Å². The first-order valence-corrected chi connectivity index (χ1v) is 5.58. The SMILES string of the molecule is CCN1CCC(N)C1c1ccc(F)c(F)c1. The van der Waals surface area contributed by atoms with Crippen LogP contribution in [-0.2, 0) is 0 Å². The lowest BCUT2D eigenvalue weighted by molar-refractivity contribution is 0.260. The largest absolute Gasteiger partial charge is 0.326 e. The van der Waals surface area contributed by atoms with E-state index in [4.69, 9.17) is 5.73 Å². The lowest BCUT2D eigenvalue weighted by Gasteiger charge is -2.25. The number of rotatable bonds is 2. The van der Waals surface area contributed by atoms with Crippen molar-refractivity contribution < 1.29 is 8.78 Å². The summed E-state index contributed by atoms with van der Waals surface area (Å²) in [4.78, 5) is 2.19. The van der Waals surface area contributed by atoms with Crippen molar-refractivity contribution in [2.45, 2.75) is 25.4 Å². The molecule has 4 heteroatoms. The molecule has 0 aromatic heterocycles. The molecule has 2 N–H and O–H groups in total. The van der Waals surface area contributed by atoms with Gasteiger partial charge in [-0.1, -0.05) is 13.0 Å². The molecule has 1 aliphatic heterocycles. The molecule has 0 amide bonds.